The van der Waals surface area contributed by atoms with Crippen LogP contribution in [0.2, 0.25) is 0 Å². The number of carbonyl (C=O) groups is 1. The van der Waals surface area contributed by atoms with Gasteiger partial charge in [-0.2, -0.15) is 8.42 Å². The Kier molecular flexibility index (Phi) is 4.63. The highest BCUT2D eigenvalue weighted by molar-refractivity contribution is 7.85. The van der Waals surface area contributed by atoms with Crippen molar-refractivity contribution in [3.05, 3.63) is 0 Å². The van der Waals surface area contributed by atoms with Crippen LogP contribution in [0.3, 0.4) is 0 Å². The Morgan fingerprint density at radius 3 is 2.46 bits per heavy atom. The minimum atomic E-state index is -3.67. The predicted molar refractivity (Wildman–Crippen MR) is 41.2 cm³/mol. The molecule has 78 valence electrons. The lowest BCUT2D eigenvalue weighted by molar-refractivity contribution is 0.0961. The van der Waals surface area contributed by atoms with Gasteiger partial charge in [-0.15, -0.1) is 0 Å². The van der Waals surface area contributed by atoms with Crippen molar-refractivity contribution in [3.8, 4) is 0 Å². The summed E-state index contributed by atoms with van der Waals surface area (Å²) in [6.45, 7) is -1.31. The van der Waals surface area contributed by atoms with Gasteiger partial charge in [0.1, 0.15) is 13.2 Å². The fourth-order valence-corrected chi connectivity index (χ4v) is 0.813. The van der Waals surface area contributed by atoms with Crippen molar-refractivity contribution in [2.24, 2.45) is 5.73 Å². The molecule has 6 nitrogen and oxygen atoms in total. The molecular formula is C5H10FNO5S. The molecule has 0 saturated carbocycles. The second-order valence-corrected chi connectivity index (χ2v) is 3.86. The van der Waals surface area contributed by atoms with E-state index in [2.05, 4.69) is 14.7 Å². The van der Waals surface area contributed by atoms with Crippen LogP contribution in [0.4, 0.5) is 9.18 Å². The second kappa shape index (κ2) is 4.97. The standard InChI is InChI=1S/C5H10FNO5S/c1-13(9,10)12-3-4(6)2-11-5(7)8/h4H,2-3H2,1H3,(H2,7,8)/t4-/m1/s1. The van der Waals surface area contributed by atoms with Crippen LogP contribution < -0.4 is 5.73 Å². The molecule has 0 aromatic rings. The summed E-state index contributed by atoms with van der Waals surface area (Å²) in [5, 5.41) is 0. The summed E-state index contributed by atoms with van der Waals surface area (Å²) in [4.78, 5) is 9.98. The van der Waals surface area contributed by atoms with Crippen LogP contribution >= 0.6 is 0 Å². The molecule has 0 aromatic heterocycles. The van der Waals surface area contributed by atoms with Gasteiger partial charge in [0, 0.05) is 0 Å². The van der Waals surface area contributed by atoms with E-state index < -0.39 is 35.6 Å². The Labute approximate surface area is 74.9 Å². The van der Waals surface area contributed by atoms with E-state index in [-0.39, 0.29) is 0 Å². The molecule has 0 aliphatic carbocycles. The third-order valence-electron chi connectivity index (χ3n) is 0.869. The molecule has 0 aliphatic heterocycles. The van der Waals surface area contributed by atoms with E-state index in [0.717, 1.165) is 6.26 Å². The zero-order chi connectivity index (χ0) is 10.5. The van der Waals surface area contributed by atoms with Gasteiger partial charge in [0.2, 0.25) is 0 Å². The fourth-order valence-electron chi connectivity index (χ4n) is 0.418. The van der Waals surface area contributed by atoms with Gasteiger partial charge in [0.25, 0.3) is 10.1 Å². The van der Waals surface area contributed by atoms with Gasteiger partial charge < -0.3 is 10.5 Å². The zero-order valence-electron chi connectivity index (χ0n) is 6.90. The highest BCUT2D eigenvalue weighted by Gasteiger charge is 2.12. The molecule has 1 atom stereocenters. The van der Waals surface area contributed by atoms with Gasteiger partial charge in [0.15, 0.2) is 6.17 Å². The molecule has 0 radical (unpaired) electrons. The lowest BCUT2D eigenvalue weighted by Gasteiger charge is -2.06. The van der Waals surface area contributed by atoms with Gasteiger partial charge in [0.05, 0.1) is 6.26 Å². The van der Waals surface area contributed by atoms with Crippen LogP contribution in [0.15, 0.2) is 0 Å². The van der Waals surface area contributed by atoms with Crippen molar-refractivity contribution in [2.75, 3.05) is 19.5 Å². The van der Waals surface area contributed by atoms with Gasteiger partial charge >= 0.3 is 6.09 Å². The lowest BCUT2D eigenvalue weighted by Crippen LogP contribution is -2.23. The fraction of sp³-hybridized carbons (Fsp3) is 0.800. The summed E-state index contributed by atoms with van der Waals surface area (Å²) >= 11 is 0. The Hall–Kier alpha value is -0.890. The van der Waals surface area contributed by atoms with E-state index in [1.807, 2.05) is 0 Å². The monoisotopic (exact) mass is 215 g/mol. The van der Waals surface area contributed by atoms with E-state index in [4.69, 9.17) is 0 Å². The van der Waals surface area contributed by atoms with Crippen LogP contribution in [0, 0.1) is 0 Å². The molecule has 0 unspecified atom stereocenters. The minimum absolute atomic E-state index is 0.620. The Morgan fingerprint density at radius 1 is 1.54 bits per heavy atom. The molecule has 1 amide bonds. The van der Waals surface area contributed by atoms with E-state index >= 15 is 0 Å². The first-order valence-corrected chi connectivity index (χ1v) is 5.03. The molecule has 8 heteroatoms. The number of ether oxygens (including phenoxy) is 1. The Morgan fingerprint density at radius 2 is 2.08 bits per heavy atom. The average molecular weight is 215 g/mol. The molecule has 0 heterocycles. The smallest absolute Gasteiger partial charge is 0.404 e. The Bertz CT molecular complexity index is 264. The maximum atomic E-state index is 12.6. The maximum Gasteiger partial charge on any atom is 0.404 e. The molecule has 0 aliphatic rings. The first-order valence-electron chi connectivity index (χ1n) is 3.22. The average Bonchev–Trinajstić information content (AvgIpc) is 1.95. The first kappa shape index (κ1) is 12.1. The van der Waals surface area contributed by atoms with Crippen molar-refractivity contribution in [1.29, 1.82) is 0 Å². The quantitative estimate of drug-likeness (QED) is 0.617. The van der Waals surface area contributed by atoms with Crippen LogP contribution in [-0.2, 0) is 19.0 Å². The number of amides is 1. The minimum Gasteiger partial charge on any atom is -0.447 e. The van der Waals surface area contributed by atoms with Crippen molar-refractivity contribution in [3.63, 3.8) is 0 Å². The Balaban J connectivity index is 3.64. The summed E-state index contributed by atoms with van der Waals surface area (Å²) in [6.07, 6.45) is -2.04. The molecule has 0 fully saturated rings. The van der Waals surface area contributed by atoms with Gasteiger partial charge in [-0.25, -0.2) is 9.18 Å². The summed E-state index contributed by atoms with van der Waals surface area (Å²) in [6, 6.07) is 0. The number of primary amides is 1. The number of hydrogen-bond donors (Lipinski definition) is 1. The first-order chi connectivity index (χ1) is 5.81. The van der Waals surface area contributed by atoms with E-state index in [9.17, 15) is 17.6 Å². The number of halogens is 1. The highest BCUT2D eigenvalue weighted by Crippen LogP contribution is 1.96. The van der Waals surface area contributed by atoms with Crippen LogP contribution in [0.1, 0.15) is 0 Å². The van der Waals surface area contributed by atoms with E-state index in [1.54, 1.807) is 0 Å². The van der Waals surface area contributed by atoms with Crippen molar-refractivity contribution in [1.82, 2.24) is 0 Å². The summed E-state index contributed by atoms with van der Waals surface area (Å²) in [5.41, 5.74) is 4.54. The SMILES string of the molecule is CS(=O)(=O)OC[C@H](F)COC(N)=O. The number of nitrogens with two attached hydrogens (primary N) is 1. The molecular weight excluding hydrogens is 205 g/mol. The molecule has 0 bridgehead atoms. The van der Waals surface area contributed by atoms with Crippen LogP contribution in [0.5, 0.6) is 0 Å². The molecule has 0 aromatic carbocycles. The predicted octanol–water partition coefficient (Wildman–Crippen LogP) is -0.604. The van der Waals surface area contributed by atoms with Gasteiger partial charge in [-0.1, -0.05) is 0 Å². The second-order valence-electron chi connectivity index (χ2n) is 2.22. The number of hydrogen-bond acceptors (Lipinski definition) is 5. The van der Waals surface area contributed by atoms with E-state index in [1.165, 1.54) is 0 Å². The molecule has 0 saturated heterocycles. The van der Waals surface area contributed by atoms with Crippen molar-refractivity contribution < 1.29 is 26.5 Å². The number of rotatable bonds is 5. The third kappa shape index (κ3) is 9.02. The third-order valence-corrected chi connectivity index (χ3v) is 1.43. The zero-order valence-corrected chi connectivity index (χ0v) is 7.71. The summed E-state index contributed by atoms with van der Waals surface area (Å²) in [5.74, 6) is 0. The van der Waals surface area contributed by atoms with Gasteiger partial charge in [-0.05, 0) is 0 Å². The number of alkyl halides is 1. The van der Waals surface area contributed by atoms with Gasteiger partial charge in [-0.3, -0.25) is 4.18 Å². The number of carbonyl (C=O) groups excluding carboxylic acids is 1. The molecule has 2 N–H and O–H groups in total. The molecule has 0 rings (SSSR count). The van der Waals surface area contributed by atoms with Crippen LogP contribution in [-0.4, -0.2) is 40.2 Å². The lowest BCUT2D eigenvalue weighted by atomic mass is 10.4. The largest absolute Gasteiger partial charge is 0.447 e. The molecule has 0 spiro atoms. The topological polar surface area (TPSA) is 95.7 Å². The van der Waals surface area contributed by atoms with Crippen LogP contribution in [0.25, 0.3) is 0 Å². The van der Waals surface area contributed by atoms with Crippen molar-refractivity contribution >= 4 is 16.2 Å². The molecule has 13 heavy (non-hydrogen) atoms. The maximum absolute atomic E-state index is 12.6. The summed E-state index contributed by atoms with van der Waals surface area (Å²) < 4.78 is 41.4. The van der Waals surface area contributed by atoms with E-state index in [0.29, 0.717) is 0 Å². The normalized spacial score (nSPS) is 13.7. The van der Waals surface area contributed by atoms with Crippen molar-refractivity contribution in [2.45, 2.75) is 6.17 Å². The summed E-state index contributed by atoms with van der Waals surface area (Å²) in [7, 11) is -3.67. The highest BCUT2D eigenvalue weighted by atomic mass is 32.2.